The van der Waals surface area contributed by atoms with Gasteiger partial charge >= 0.3 is 6.09 Å². The zero-order valence-corrected chi connectivity index (χ0v) is 14.8. The summed E-state index contributed by atoms with van der Waals surface area (Å²) in [5, 5.41) is 0.649. The molecule has 134 valence electrons. The van der Waals surface area contributed by atoms with Gasteiger partial charge in [0.15, 0.2) is 5.78 Å². The molecule has 1 amide bonds. The summed E-state index contributed by atoms with van der Waals surface area (Å²) in [5.74, 6) is 0.269. The maximum absolute atomic E-state index is 12.2. The largest absolute Gasteiger partial charge is 0.415 e. The van der Waals surface area contributed by atoms with Gasteiger partial charge in [0.1, 0.15) is 5.75 Å². The Morgan fingerprint density at radius 2 is 1.65 bits per heavy atom. The number of carbonyl (C=O) groups is 2. The van der Waals surface area contributed by atoms with Gasteiger partial charge in [0.2, 0.25) is 0 Å². The number of carbonyl (C=O) groups excluding carboxylic acids is 2. The highest BCUT2D eigenvalue weighted by atomic mass is 35.5. The number of ketones is 1. The van der Waals surface area contributed by atoms with Crippen molar-refractivity contribution >= 4 is 29.6 Å². The van der Waals surface area contributed by atoms with E-state index in [0.29, 0.717) is 42.6 Å². The fourth-order valence-corrected chi connectivity index (χ4v) is 2.57. The number of morpholine rings is 1. The van der Waals surface area contributed by atoms with Crippen LogP contribution in [-0.2, 0) is 4.74 Å². The molecule has 2 aromatic rings. The Bertz CT molecular complexity index is 794. The number of amides is 1. The molecule has 5 nitrogen and oxygen atoms in total. The van der Waals surface area contributed by atoms with E-state index in [2.05, 4.69) is 0 Å². The maximum Gasteiger partial charge on any atom is 0.415 e. The molecule has 0 atom stereocenters. The third kappa shape index (κ3) is 4.94. The second-order valence-electron chi connectivity index (χ2n) is 5.74. The van der Waals surface area contributed by atoms with E-state index in [1.807, 2.05) is 12.1 Å². The van der Waals surface area contributed by atoms with Crippen LogP contribution in [0.2, 0.25) is 5.02 Å². The molecule has 0 N–H and O–H groups in total. The Morgan fingerprint density at radius 1 is 1.00 bits per heavy atom. The number of nitrogens with zero attached hydrogens (tertiary/aromatic N) is 1. The van der Waals surface area contributed by atoms with E-state index in [0.717, 1.165) is 5.56 Å². The van der Waals surface area contributed by atoms with Crippen molar-refractivity contribution in [2.75, 3.05) is 26.3 Å². The lowest BCUT2D eigenvalue weighted by molar-refractivity contribution is 0.0416. The van der Waals surface area contributed by atoms with Crippen molar-refractivity contribution in [3.8, 4) is 5.75 Å². The highest BCUT2D eigenvalue weighted by Gasteiger charge is 2.18. The monoisotopic (exact) mass is 371 g/mol. The molecule has 0 saturated carbocycles. The molecular formula is C20H18ClNO4. The number of halogens is 1. The lowest BCUT2D eigenvalue weighted by Gasteiger charge is -2.25. The first kappa shape index (κ1) is 18.2. The summed E-state index contributed by atoms with van der Waals surface area (Å²) in [4.78, 5) is 25.8. The van der Waals surface area contributed by atoms with Crippen molar-refractivity contribution in [2.45, 2.75) is 0 Å². The van der Waals surface area contributed by atoms with Crippen molar-refractivity contribution in [1.29, 1.82) is 0 Å². The summed E-state index contributed by atoms with van der Waals surface area (Å²) in [5.41, 5.74) is 1.40. The lowest BCUT2D eigenvalue weighted by atomic mass is 10.1. The number of rotatable bonds is 4. The maximum atomic E-state index is 12.2. The van der Waals surface area contributed by atoms with Crippen LogP contribution in [0.3, 0.4) is 0 Å². The van der Waals surface area contributed by atoms with Crippen LogP contribution in [0, 0.1) is 0 Å². The van der Waals surface area contributed by atoms with Crippen LogP contribution in [0.4, 0.5) is 4.79 Å². The van der Waals surface area contributed by atoms with Crippen LogP contribution in [0.25, 0.3) is 6.08 Å². The first-order valence-electron chi connectivity index (χ1n) is 8.24. The number of hydrogen-bond acceptors (Lipinski definition) is 4. The molecule has 1 aliphatic rings. The van der Waals surface area contributed by atoms with E-state index in [-0.39, 0.29) is 5.78 Å². The second kappa shape index (κ2) is 8.65. The molecule has 0 spiro atoms. The molecule has 0 radical (unpaired) electrons. The third-order valence-corrected chi connectivity index (χ3v) is 4.16. The van der Waals surface area contributed by atoms with Gasteiger partial charge in [0.25, 0.3) is 0 Å². The summed E-state index contributed by atoms with van der Waals surface area (Å²) >= 11 is 5.83. The Balaban J connectivity index is 1.58. The quantitative estimate of drug-likeness (QED) is 0.600. The average molecular weight is 372 g/mol. The molecule has 1 fully saturated rings. The molecule has 26 heavy (non-hydrogen) atoms. The summed E-state index contributed by atoms with van der Waals surface area (Å²) in [6.07, 6.45) is 2.82. The Kier molecular flexibility index (Phi) is 6.04. The molecule has 1 aliphatic heterocycles. The minimum atomic E-state index is -0.407. The fourth-order valence-electron chi connectivity index (χ4n) is 2.44. The van der Waals surface area contributed by atoms with Gasteiger partial charge in [-0.1, -0.05) is 29.8 Å². The van der Waals surface area contributed by atoms with Gasteiger partial charge in [-0.05, 0) is 48.0 Å². The highest BCUT2D eigenvalue weighted by Crippen LogP contribution is 2.16. The number of hydrogen-bond donors (Lipinski definition) is 0. The smallest absolute Gasteiger partial charge is 0.410 e. The van der Waals surface area contributed by atoms with Crippen molar-refractivity contribution < 1.29 is 19.1 Å². The summed E-state index contributed by atoms with van der Waals surface area (Å²) in [7, 11) is 0. The molecule has 1 saturated heterocycles. The van der Waals surface area contributed by atoms with E-state index in [4.69, 9.17) is 21.1 Å². The van der Waals surface area contributed by atoms with Crippen molar-refractivity contribution in [1.82, 2.24) is 4.90 Å². The Hall–Kier alpha value is -2.63. The van der Waals surface area contributed by atoms with E-state index >= 15 is 0 Å². The lowest BCUT2D eigenvalue weighted by Crippen LogP contribution is -2.42. The van der Waals surface area contributed by atoms with E-state index in [1.165, 1.54) is 6.08 Å². The highest BCUT2D eigenvalue weighted by molar-refractivity contribution is 6.30. The van der Waals surface area contributed by atoms with Crippen LogP contribution in [0.15, 0.2) is 54.6 Å². The molecular weight excluding hydrogens is 354 g/mol. The van der Waals surface area contributed by atoms with Gasteiger partial charge < -0.3 is 14.4 Å². The third-order valence-electron chi connectivity index (χ3n) is 3.91. The predicted molar refractivity (Wildman–Crippen MR) is 99.7 cm³/mol. The zero-order chi connectivity index (χ0) is 18.4. The minimum Gasteiger partial charge on any atom is -0.410 e. The second-order valence-corrected chi connectivity index (χ2v) is 6.18. The van der Waals surface area contributed by atoms with E-state index < -0.39 is 6.09 Å². The first-order valence-corrected chi connectivity index (χ1v) is 8.62. The van der Waals surface area contributed by atoms with Crippen molar-refractivity contribution in [3.63, 3.8) is 0 Å². The van der Waals surface area contributed by atoms with Gasteiger partial charge in [-0.2, -0.15) is 0 Å². The summed E-state index contributed by atoms with van der Waals surface area (Å²) < 4.78 is 10.5. The molecule has 0 unspecified atom stereocenters. The molecule has 3 rings (SSSR count). The molecule has 0 aliphatic carbocycles. The summed E-state index contributed by atoms with van der Waals surface area (Å²) in [6, 6.07) is 13.7. The van der Waals surface area contributed by atoms with Crippen LogP contribution in [0.1, 0.15) is 15.9 Å². The number of ether oxygens (including phenoxy) is 2. The van der Waals surface area contributed by atoms with Gasteiger partial charge in [-0.25, -0.2) is 4.79 Å². The predicted octanol–water partition coefficient (Wildman–Crippen LogP) is 4.07. The van der Waals surface area contributed by atoms with Gasteiger partial charge in [-0.3, -0.25) is 4.79 Å². The molecule has 0 bridgehead atoms. The minimum absolute atomic E-state index is 0.133. The SMILES string of the molecule is O=C(C=Cc1ccc(Cl)cc1)c1ccc(OC(=O)N2CCOCC2)cc1. The normalized spacial score (nSPS) is 14.4. The number of allylic oxidation sites excluding steroid dienone is 1. The first-order chi connectivity index (χ1) is 12.6. The van der Waals surface area contributed by atoms with Crippen LogP contribution in [-0.4, -0.2) is 43.1 Å². The fraction of sp³-hybridized carbons (Fsp3) is 0.200. The van der Waals surface area contributed by atoms with Gasteiger partial charge in [-0.15, -0.1) is 0 Å². The van der Waals surface area contributed by atoms with Crippen LogP contribution in [0.5, 0.6) is 5.75 Å². The Labute approximate surface area is 156 Å². The van der Waals surface area contributed by atoms with Crippen molar-refractivity contribution in [2.24, 2.45) is 0 Å². The van der Waals surface area contributed by atoms with Crippen LogP contribution < -0.4 is 4.74 Å². The molecule has 2 aromatic carbocycles. The molecule has 1 heterocycles. The van der Waals surface area contributed by atoms with Crippen LogP contribution >= 0.6 is 11.6 Å². The van der Waals surface area contributed by atoms with E-state index in [9.17, 15) is 9.59 Å². The number of benzene rings is 2. The zero-order valence-electron chi connectivity index (χ0n) is 14.1. The topological polar surface area (TPSA) is 55.8 Å². The van der Waals surface area contributed by atoms with E-state index in [1.54, 1.807) is 47.4 Å². The standard InChI is InChI=1S/C20H18ClNO4/c21-17-6-1-15(2-7-17)3-10-19(23)16-4-8-18(9-5-16)26-20(24)22-11-13-25-14-12-22/h1-10H,11-14H2. The van der Waals surface area contributed by atoms with Gasteiger partial charge in [0.05, 0.1) is 13.2 Å². The molecule has 6 heteroatoms. The Morgan fingerprint density at radius 3 is 2.31 bits per heavy atom. The molecule has 0 aromatic heterocycles. The van der Waals surface area contributed by atoms with Gasteiger partial charge in [0, 0.05) is 23.7 Å². The van der Waals surface area contributed by atoms with Crippen molar-refractivity contribution in [3.05, 3.63) is 70.8 Å². The average Bonchev–Trinajstić information content (AvgIpc) is 2.68. The summed E-state index contributed by atoms with van der Waals surface area (Å²) in [6.45, 7) is 2.07.